The summed E-state index contributed by atoms with van der Waals surface area (Å²) >= 11 is 0. The van der Waals surface area contributed by atoms with Crippen molar-refractivity contribution < 1.29 is 23.9 Å². The van der Waals surface area contributed by atoms with Crippen LogP contribution < -0.4 is 0 Å². The van der Waals surface area contributed by atoms with Crippen molar-refractivity contribution in [3.8, 4) is 0 Å². The molecular formula is C10H20NO4+. The van der Waals surface area contributed by atoms with Gasteiger partial charge in [-0.1, -0.05) is 6.58 Å². The first-order valence-corrected chi connectivity index (χ1v) is 4.45. The summed E-state index contributed by atoms with van der Waals surface area (Å²) in [7, 11) is 6.15. The average molecular weight is 218 g/mol. The van der Waals surface area contributed by atoms with Gasteiger partial charge in [0.15, 0.2) is 0 Å². The molecule has 0 unspecified atom stereocenters. The number of ether oxygens (including phenoxy) is 1. The molecule has 5 nitrogen and oxygen atoms in total. The highest BCUT2D eigenvalue weighted by molar-refractivity contribution is 5.86. The number of likely N-dealkylation sites (N-methyl/N-ethyl adjacent to an activating group) is 1. The van der Waals surface area contributed by atoms with Crippen LogP contribution in [0.1, 0.15) is 6.92 Å². The molecule has 0 aliphatic heterocycles. The van der Waals surface area contributed by atoms with E-state index in [1.807, 2.05) is 0 Å². The summed E-state index contributed by atoms with van der Waals surface area (Å²) in [5.41, 5.74) is 0.455. The molecular weight excluding hydrogens is 198 g/mol. The van der Waals surface area contributed by atoms with Gasteiger partial charge in [-0.2, -0.15) is 0 Å². The normalized spacial score (nSPS) is 9.60. The third-order valence-electron chi connectivity index (χ3n) is 1.34. The molecule has 0 saturated heterocycles. The lowest BCUT2D eigenvalue weighted by Crippen LogP contribution is -2.38. The standard InChI is InChI=1S/C9H18NO2.CH2O2/c1-8(2)9(11)12-7-6-10(3,4)5;2-1-3/h1,6-7H2,2-5H3;1H,(H,2,3)/q+1;. The van der Waals surface area contributed by atoms with E-state index < -0.39 is 0 Å². The molecule has 5 heteroatoms. The third-order valence-corrected chi connectivity index (χ3v) is 1.34. The highest BCUT2D eigenvalue weighted by Gasteiger charge is 2.09. The molecule has 0 aromatic carbocycles. The van der Waals surface area contributed by atoms with Crippen molar-refractivity contribution in [2.24, 2.45) is 0 Å². The molecule has 88 valence electrons. The molecule has 0 aliphatic rings. The van der Waals surface area contributed by atoms with Crippen LogP contribution in [0, 0.1) is 0 Å². The van der Waals surface area contributed by atoms with Crippen LogP contribution in [0.3, 0.4) is 0 Å². The van der Waals surface area contributed by atoms with Crippen LogP contribution in [0.25, 0.3) is 0 Å². The average Bonchev–Trinajstić information content (AvgIpc) is 2.02. The molecule has 0 radical (unpaired) electrons. The molecule has 0 atom stereocenters. The second kappa shape index (κ2) is 7.99. The monoisotopic (exact) mass is 218 g/mol. The van der Waals surface area contributed by atoms with Crippen LogP contribution in [0.5, 0.6) is 0 Å². The van der Waals surface area contributed by atoms with Crippen molar-refractivity contribution in [1.29, 1.82) is 0 Å². The molecule has 0 fully saturated rings. The second-order valence-corrected chi connectivity index (χ2v) is 4.04. The van der Waals surface area contributed by atoms with Gasteiger partial charge in [0.25, 0.3) is 6.47 Å². The fourth-order valence-corrected chi connectivity index (χ4v) is 0.535. The molecule has 0 aliphatic carbocycles. The zero-order valence-electron chi connectivity index (χ0n) is 9.82. The number of hydrogen-bond donors (Lipinski definition) is 1. The van der Waals surface area contributed by atoms with E-state index in [4.69, 9.17) is 14.6 Å². The fraction of sp³-hybridized carbons (Fsp3) is 0.600. The Morgan fingerprint density at radius 1 is 1.47 bits per heavy atom. The lowest BCUT2D eigenvalue weighted by atomic mass is 10.4. The maximum absolute atomic E-state index is 10.9. The topological polar surface area (TPSA) is 63.6 Å². The van der Waals surface area contributed by atoms with Crippen molar-refractivity contribution >= 4 is 12.4 Å². The zero-order valence-corrected chi connectivity index (χ0v) is 9.82. The second-order valence-electron chi connectivity index (χ2n) is 4.04. The van der Waals surface area contributed by atoms with E-state index in [9.17, 15) is 4.79 Å². The first kappa shape index (κ1) is 16.1. The van der Waals surface area contributed by atoms with Crippen molar-refractivity contribution in [2.45, 2.75) is 6.92 Å². The maximum atomic E-state index is 10.9. The van der Waals surface area contributed by atoms with Crippen LogP contribution in [0.2, 0.25) is 0 Å². The minimum Gasteiger partial charge on any atom is -0.483 e. The molecule has 0 spiro atoms. The van der Waals surface area contributed by atoms with Gasteiger partial charge < -0.3 is 14.3 Å². The number of carbonyl (C=O) groups is 2. The Morgan fingerprint density at radius 3 is 2.13 bits per heavy atom. The summed E-state index contributed by atoms with van der Waals surface area (Å²) in [6, 6.07) is 0. The van der Waals surface area contributed by atoms with Gasteiger partial charge in [0, 0.05) is 5.57 Å². The highest BCUT2D eigenvalue weighted by atomic mass is 16.5. The Hall–Kier alpha value is -1.36. The molecule has 0 saturated carbocycles. The molecule has 0 heterocycles. The highest BCUT2D eigenvalue weighted by Crippen LogP contribution is 1.94. The summed E-state index contributed by atoms with van der Waals surface area (Å²) in [6.45, 7) is 6.16. The van der Waals surface area contributed by atoms with Gasteiger partial charge in [-0.15, -0.1) is 0 Å². The third kappa shape index (κ3) is 15.4. The molecule has 0 aromatic heterocycles. The van der Waals surface area contributed by atoms with E-state index in [1.54, 1.807) is 6.92 Å². The van der Waals surface area contributed by atoms with Crippen molar-refractivity contribution in [2.75, 3.05) is 34.3 Å². The lowest BCUT2D eigenvalue weighted by molar-refractivity contribution is -0.870. The number of quaternary nitrogens is 1. The molecule has 0 rings (SSSR count). The van der Waals surface area contributed by atoms with Gasteiger partial charge in [0.2, 0.25) is 0 Å². The lowest BCUT2D eigenvalue weighted by Gasteiger charge is -2.23. The van der Waals surface area contributed by atoms with E-state index in [0.717, 1.165) is 11.0 Å². The minimum atomic E-state index is -0.302. The summed E-state index contributed by atoms with van der Waals surface area (Å²) in [5, 5.41) is 6.89. The molecule has 1 N–H and O–H groups in total. The summed E-state index contributed by atoms with van der Waals surface area (Å²) in [4.78, 5) is 19.3. The molecule has 15 heavy (non-hydrogen) atoms. The first-order chi connectivity index (χ1) is 6.74. The number of rotatable bonds is 4. The van der Waals surface area contributed by atoms with E-state index in [0.29, 0.717) is 12.2 Å². The van der Waals surface area contributed by atoms with E-state index in [1.165, 1.54) is 0 Å². The van der Waals surface area contributed by atoms with Crippen molar-refractivity contribution in [3.05, 3.63) is 12.2 Å². The fourth-order valence-electron chi connectivity index (χ4n) is 0.535. The molecule has 0 amide bonds. The SMILES string of the molecule is C=C(C)C(=O)OCC[N+](C)(C)C.O=CO. The van der Waals surface area contributed by atoms with E-state index in [2.05, 4.69) is 27.7 Å². The van der Waals surface area contributed by atoms with Gasteiger partial charge in [-0.3, -0.25) is 4.79 Å². The van der Waals surface area contributed by atoms with Gasteiger partial charge in [-0.25, -0.2) is 4.79 Å². The van der Waals surface area contributed by atoms with E-state index in [-0.39, 0.29) is 12.4 Å². The van der Waals surface area contributed by atoms with Crippen LogP contribution >= 0.6 is 0 Å². The Kier molecular flexibility index (Phi) is 8.57. The van der Waals surface area contributed by atoms with Gasteiger partial charge >= 0.3 is 5.97 Å². The minimum absolute atomic E-state index is 0.250. The first-order valence-electron chi connectivity index (χ1n) is 4.45. The zero-order chi connectivity index (χ0) is 12.5. The Morgan fingerprint density at radius 2 is 1.87 bits per heavy atom. The van der Waals surface area contributed by atoms with Gasteiger partial charge in [0.05, 0.1) is 21.1 Å². The van der Waals surface area contributed by atoms with Crippen LogP contribution in [0.4, 0.5) is 0 Å². The predicted molar refractivity (Wildman–Crippen MR) is 57.4 cm³/mol. The predicted octanol–water partition coefficient (Wildman–Crippen LogP) is 0.513. The van der Waals surface area contributed by atoms with Crippen LogP contribution in [-0.2, 0) is 14.3 Å². The summed E-state index contributed by atoms with van der Waals surface area (Å²) in [5.74, 6) is -0.302. The Balaban J connectivity index is 0. The molecule has 0 bridgehead atoms. The van der Waals surface area contributed by atoms with Crippen molar-refractivity contribution in [1.82, 2.24) is 0 Å². The summed E-state index contributed by atoms with van der Waals surface area (Å²) in [6.07, 6.45) is 0. The number of hydrogen-bond acceptors (Lipinski definition) is 3. The Labute approximate surface area is 90.5 Å². The quantitative estimate of drug-likeness (QED) is 0.323. The van der Waals surface area contributed by atoms with Gasteiger partial charge in [-0.05, 0) is 6.92 Å². The maximum Gasteiger partial charge on any atom is 0.333 e. The number of esters is 1. The summed E-state index contributed by atoms with van der Waals surface area (Å²) < 4.78 is 5.72. The number of carboxylic acid groups (broad SMARTS) is 1. The number of nitrogens with zero attached hydrogens (tertiary/aromatic N) is 1. The number of carbonyl (C=O) groups excluding carboxylic acids is 1. The van der Waals surface area contributed by atoms with Crippen LogP contribution in [0.15, 0.2) is 12.2 Å². The van der Waals surface area contributed by atoms with Crippen LogP contribution in [-0.4, -0.2) is 56.3 Å². The largest absolute Gasteiger partial charge is 0.483 e. The Bertz CT molecular complexity index is 218. The smallest absolute Gasteiger partial charge is 0.333 e. The molecule has 0 aromatic rings. The van der Waals surface area contributed by atoms with Gasteiger partial charge in [0.1, 0.15) is 13.2 Å². The van der Waals surface area contributed by atoms with E-state index >= 15 is 0 Å². The van der Waals surface area contributed by atoms with Crippen molar-refractivity contribution in [3.63, 3.8) is 0 Å².